The van der Waals surface area contributed by atoms with Crippen molar-refractivity contribution < 1.29 is 0 Å². The fraction of sp³-hybridized carbons (Fsp3) is 0.769. The van der Waals surface area contributed by atoms with Crippen LogP contribution in [-0.2, 0) is 6.54 Å². The van der Waals surface area contributed by atoms with Gasteiger partial charge in [0.15, 0.2) is 0 Å². The third-order valence-corrected chi connectivity index (χ3v) is 4.25. The van der Waals surface area contributed by atoms with Gasteiger partial charge in [0.05, 0.1) is 11.7 Å². The molecule has 0 saturated heterocycles. The Morgan fingerprint density at radius 1 is 1.47 bits per heavy atom. The number of hydrogen-bond acceptors (Lipinski definition) is 2. The highest BCUT2D eigenvalue weighted by atomic mass is 35.5. The molecule has 0 radical (unpaired) electrons. The van der Waals surface area contributed by atoms with E-state index in [9.17, 15) is 0 Å². The van der Waals surface area contributed by atoms with E-state index in [1.165, 1.54) is 12.8 Å². The summed E-state index contributed by atoms with van der Waals surface area (Å²) in [6.45, 7) is 5.25. The van der Waals surface area contributed by atoms with Gasteiger partial charge in [0.1, 0.15) is 0 Å². The Morgan fingerprint density at radius 3 is 2.71 bits per heavy atom. The monoisotopic (exact) mass is 255 g/mol. The van der Waals surface area contributed by atoms with Gasteiger partial charge in [0.25, 0.3) is 0 Å². The highest BCUT2D eigenvalue weighted by molar-refractivity contribution is 6.18. The molecule has 4 heteroatoms. The molecule has 0 atom stereocenters. The maximum atomic E-state index is 5.93. The van der Waals surface area contributed by atoms with E-state index in [-0.39, 0.29) is 5.54 Å². The van der Waals surface area contributed by atoms with Crippen LogP contribution < -0.4 is 5.32 Å². The van der Waals surface area contributed by atoms with Gasteiger partial charge in [-0.2, -0.15) is 5.10 Å². The van der Waals surface area contributed by atoms with E-state index in [2.05, 4.69) is 41.2 Å². The molecule has 1 N–H and O–H groups in total. The number of alkyl halides is 1. The quantitative estimate of drug-likeness (QED) is 0.759. The lowest BCUT2D eigenvalue weighted by Gasteiger charge is -2.14. The molecule has 0 aromatic carbocycles. The van der Waals surface area contributed by atoms with Gasteiger partial charge in [0.2, 0.25) is 0 Å². The van der Waals surface area contributed by atoms with Crippen molar-refractivity contribution in [3.8, 4) is 0 Å². The number of nitrogens with one attached hydrogen (secondary N) is 1. The minimum atomic E-state index is 0.209. The SMILES string of the molecule is CCC(CC)n1ccc(CNC2(CCl)CC2)n1. The molecule has 0 spiro atoms. The fourth-order valence-corrected chi connectivity index (χ4v) is 2.49. The van der Waals surface area contributed by atoms with Gasteiger partial charge < -0.3 is 5.32 Å². The molecule has 1 aromatic heterocycles. The molecular weight excluding hydrogens is 234 g/mol. The first-order chi connectivity index (χ1) is 8.23. The lowest BCUT2D eigenvalue weighted by atomic mass is 10.2. The number of halogens is 1. The molecule has 1 saturated carbocycles. The maximum Gasteiger partial charge on any atom is 0.0762 e. The summed E-state index contributed by atoms with van der Waals surface area (Å²) in [7, 11) is 0. The summed E-state index contributed by atoms with van der Waals surface area (Å²) in [6, 6.07) is 2.64. The van der Waals surface area contributed by atoms with Crippen molar-refractivity contribution in [2.45, 2.75) is 57.7 Å². The summed E-state index contributed by atoms with van der Waals surface area (Å²) >= 11 is 5.93. The van der Waals surface area contributed by atoms with E-state index < -0.39 is 0 Å². The van der Waals surface area contributed by atoms with E-state index in [4.69, 9.17) is 11.6 Å². The van der Waals surface area contributed by atoms with Crippen LogP contribution in [0.3, 0.4) is 0 Å². The van der Waals surface area contributed by atoms with Crippen LogP contribution in [0, 0.1) is 0 Å². The van der Waals surface area contributed by atoms with Crippen molar-refractivity contribution in [3.63, 3.8) is 0 Å². The Balaban J connectivity index is 1.89. The molecule has 17 heavy (non-hydrogen) atoms. The van der Waals surface area contributed by atoms with Crippen LogP contribution in [0.2, 0.25) is 0 Å². The van der Waals surface area contributed by atoms with Gasteiger partial charge in [-0.1, -0.05) is 13.8 Å². The van der Waals surface area contributed by atoms with Crippen LogP contribution in [0.1, 0.15) is 51.3 Å². The fourth-order valence-electron chi connectivity index (χ4n) is 2.12. The van der Waals surface area contributed by atoms with E-state index in [0.29, 0.717) is 11.9 Å². The third-order valence-electron chi connectivity index (χ3n) is 3.73. The zero-order chi connectivity index (χ0) is 12.3. The van der Waals surface area contributed by atoms with Gasteiger partial charge in [-0.3, -0.25) is 4.68 Å². The van der Waals surface area contributed by atoms with Crippen molar-refractivity contribution in [1.82, 2.24) is 15.1 Å². The minimum Gasteiger partial charge on any atom is -0.304 e. The molecule has 0 bridgehead atoms. The summed E-state index contributed by atoms with van der Waals surface area (Å²) in [6.07, 6.45) is 6.76. The number of rotatable bonds is 7. The molecular formula is C13H22ClN3. The van der Waals surface area contributed by atoms with E-state index >= 15 is 0 Å². The van der Waals surface area contributed by atoms with Crippen LogP contribution >= 0.6 is 11.6 Å². The first-order valence-corrected chi connectivity index (χ1v) is 7.11. The first kappa shape index (κ1) is 12.9. The molecule has 2 rings (SSSR count). The van der Waals surface area contributed by atoms with Gasteiger partial charge in [-0.05, 0) is 31.7 Å². The molecule has 1 aliphatic carbocycles. The van der Waals surface area contributed by atoms with Crippen molar-refractivity contribution in [1.29, 1.82) is 0 Å². The second-order valence-corrected chi connectivity index (χ2v) is 5.29. The predicted octanol–water partition coefficient (Wildman–Crippen LogP) is 3.11. The Morgan fingerprint density at radius 2 is 2.18 bits per heavy atom. The average molecular weight is 256 g/mol. The zero-order valence-electron chi connectivity index (χ0n) is 10.7. The van der Waals surface area contributed by atoms with Crippen LogP contribution in [0.4, 0.5) is 0 Å². The van der Waals surface area contributed by atoms with E-state index in [1.807, 2.05) is 0 Å². The van der Waals surface area contributed by atoms with Crippen LogP contribution in [0.5, 0.6) is 0 Å². The van der Waals surface area contributed by atoms with Gasteiger partial charge in [0, 0.05) is 24.2 Å². The highest BCUT2D eigenvalue weighted by Crippen LogP contribution is 2.36. The molecule has 0 amide bonds. The summed E-state index contributed by atoms with van der Waals surface area (Å²) in [5.41, 5.74) is 1.33. The topological polar surface area (TPSA) is 29.9 Å². The Labute approximate surface area is 109 Å². The van der Waals surface area contributed by atoms with Crippen molar-refractivity contribution in [3.05, 3.63) is 18.0 Å². The lowest BCUT2D eigenvalue weighted by molar-refractivity contribution is 0.422. The molecule has 3 nitrogen and oxygen atoms in total. The predicted molar refractivity (Wildman–Crippen MR) is 71.4 cm³/mol. The van der Waals surface area contributed by atoms with E-state index in [1.54, 1.807) is 0 Å². The van der Waals surface area contributed by atoms with E-state index in [0.717, 1.165) is 25.1 Å². The molecule has 0 aliphatic heterocycles. The Hall–Kier alpha value is -0.540. The molecule has 96 valence electrons. The van der Waals surface area contributed by atoms with Crippen molar-refractivity contribution >= 4 is 11.6 Å². The van der Waals surface area contributed by atoms with Gasteiger partial charge >= 0.3 is 0 Å². The highest BCUT2D eigenvalue weighted by Gasteiger charge is 2.41. The Kier molecular flexibility index (Phi) is 4.10. The van der Waals surface area contributed by atoms with Crippen molar-refractivity contribution in [2.24, 2.45) is 0 Å². The van der Waals surface area contributed by atoms with Crippen LogP contribution in [-0.4, -0.2) is 21.2 Å². The molecule has 1 aliphatic rings. The largest absolute Gasteiger partial charge is 0.304 e. The van der Waals surface area contributed by atoms with Gasteiger partial charge in [-0.15, -0.1) is 11.6 Å². The molecule has 1 fully saturated rings. The summed E-state index contributed by atoms with van der Waals surface area (Å²) in [5.74, 6) is 0.709. The number of aromatic nitrogens is 2. The van der Waals surface area contributed by atoms with Crippen LogP contribution in [0.25, 0.3) is 0 Å². The third kappa shape index (κ3) is 3.02. The number of hydrogen-bond donors (Lipinski definition) is 1. The summed E-state index contributed by atoms with van der Waals surface area (Å²) in [4.78, 5) is 0. The number of nitrogens with zero attached hydrogens (tertiary/aromatic N) is 2. The second-order valence-electron chi connectivity index (χ2n) is 5.02. The maximum absolute atomic E-state index is 5.93. The first-order valence-electron chi connectivity index (χ1n) is 6.58. The zero-order valence-corrected chi connectivity index (χ0v) is 11.5. The van der Waals surface area contributed by atoms with Gasteiger partial charge in [-0.25, -0.2) is 0 Å². The smallest absolute Gasteiger partial charge is 0.0762 e. The summed E-state index contributed by atoms with van der Waals surface area (Å²) < 4.78 is 2.09. The molecule has 0 unspecified atom stereocenters. The lowest BCUT2D eigenvalue weighted by Crippen LogP contribution is -2.32. The molecule has 1 heterocycles. The second kappa shape index (κ2) is 5.40. The minimum absolute atomic E-state index is 0.209. The normalized spacial score (nSPS) is 17.6. The summed E-state index contributed by atoms with van der Waals surface area (Å²) in [5, 5.41) is 8.15. The standard InChI is InChI=1S/C13H22ClN3/c1-3-12(4-2)17-8-5-11(16-17)9-15-13(10-14)6-7-13/h5,8,12,15H,3-4,6-7,9-10H2,1-2H3. The Bertz CT molecular complexity index is 353. The van der Waals surface area contributed by atoms with Crippen LogP contribution in [0.15, 0.2) is 12.3 Å². The van der Waals surface area contributed by atoms with Crippen molar-refractivity contribution in [2.75, 3.05) is 5.88 Å². The average Bonchev–Trinajstić information content (AvgIpc) is 3.00. The molecule has 1 aromatic rings.